The van der Waals surface area contributed by atoms with Crippen LogP contribution in [0.2, 0.25) is 0 Å². The molecule has 4 rings (SSSR count). The Labute approximate surface area is 162 Å². The summed E-state index contributed by atoms with van der Waals surface area (Å²) in [7, 11) is 0. The van der Waals surface area contributed by atoms with Gasteiger partial charge in [-0.3, -0.25) is 4.79 Å². The van der Waals surface area contributed by atoms with Crippen molar-refractivity contribution in [2.75, 3.05) is 5.32 Å². The number of nitrogens with zero attached hydrogens (tertiary/aromatic N) is 1. The Kier molecular flexibility index (Phi) is 4.50. The van der Waals surface area contributed by atoms with Crippen LogP contribution < -0.4 is 5.32 Å². The van der Waals surface area contributed by atoms with Crippen LogP contribution in [-0.4, -0.2) is 10.9 Å². The molecular weight excluding hydrogens is 443 g/mol. The molecule has 0 spiro atoms. The Morgan fingerprint density at radius 2 is 1.76 bits per heavy atom. The summed E-state index contributed by atoms with van der Waals surface area (Å²) in [4.78, 5) is 17.3. The van der Waals surface area contributed by atoms with Gasteiger partial charge in [0.1, 0.15) is 5.01 Å². The highest BCUT2D eigenvalue weighted by Gasteiger charge is 2.13. The predicted molar refractivity (Wildman–Crippen MR) is 112 cm³/mol. The van der Waals surface area contributed by atoms with Crippen molar-refractivity contribution in [1.82, 2.24) is 4.98 Å². The molecule has 1 aromatic heterocycles. The van der Waals surface area contributed by atoms with Crippen molar-refractivity contribution in [2.45, 2.75) is 0 Å². The molecule has 5 heteroatoms. The fourth-order valence-electron chi connectivity index (χ4n) is 2.59. The molecule has 1 heterocycles. The Bertz CT molecular complexity index is 1040. The molecule has 0 saturated heterocycles. The summed E-state index contributed by atoms with van der Waals surface area (Å²) in [6.45, 7) is 0. The maximum Gasteiger partial charge on any atom is 0.255 e. The predicted octanol–water partition coefficient (Wildman–Crippen LogP) is 5.82. The van der Waals surface area contributed by atoms with E-state index in [0.717, 1.165) is 30.0 Å². The van der Waals surface area contributed by atoms with E-state index in [4.69, 9.17) is 4.98 Å². The molecule has 0 bridgehead atoms. The molecule has 25 heavy (non-hydrogen) atoms. The van der Waals surface area contributed by atoms with Crippen LogP contribution in [0.15, 0.2) is 72.8 Å². The summed E-state index contributed by atoms with van der Waals surface area (Å²) in [5, 5.41) is 3.92. The van der Waals surface area contributed by atoms with E-state index < -0.39 is 0 Å². The maximum absolute atomic E-state index is 12.6. The summed E-state index contributed by atoms with van der Waals surface area (Å²) >= 11 is 3.83. The Hall–Kier alpha value is -2.25. The van der Waals surface area contributed by atoms with Crippen LogP contribution in [0, 0.1) is 3.57 Å². The molecule has 122 valence electrons. The summed E-state index contributed by atoms with van der Waals surface area (Å²) < 4.78 is 2.17. The SMILES string of the molecule is O=C(Nc1ccccc1-c1nc2ccccc2s1)c1cccc(I)c1. The van der Waals surface area contributed by atoms with Crippen LogP contribution in [0.3, 0.4) is 0 Å². The van der Waals surface area contributed by atoms with E-state index in [0.29, 0.717) is 5.56 Å². The molecule has 0 aliphatic carbocycles. The zero-order valence-electron chi connectivity index (χ0n) is 13.1. The highest BCUT2D eigenvalue weighted by atomic mass is 127. The monoisotopic (exact) mass is 456 g/mol. The van der Waals surface area contributed by atoms with Crippen molar-refractivity contribution >= 4 is 55.7 Å². The van der Waals surface area contributed by atoms with Gasteiger partial charge >= 0.3 is 0 Å². The number of para-hydroxylation sites is 2. The number of carbonyl (C=O) groups is 1. The van der Waals surface area contributed by atoms with Gasteiger partial charge < -0.3 is 5.32 Å². The van der Waals surface area contributed by atoms with Crippen molar-refractivity contribution < 1.29 is 4.79 Å². The topological polar surface area (TPSA) is 42.0 Å². The summed E-state index contributed by atoms with van der Waals surface area (Å²) in [5.41, 5.74) is 3.32. The van der Waals surface area contributed by atoms with E-state index >= 15 is 0 Å². The first kappa shape index (κ1) is 16.2. The van der Waals surface area contributed by atoms with E-state index in [1.54, 1.807) is 11.3 Å². The van der Waals surface area contributed by atoms with E-state index in [-0.39, 0.29) is 5.91 Å². The molecule has 4 aromatic rings. The molecule has 0 saturated carbocycles. The minimum atomic E-state index is -0.118. The lowest BCUT2D eigenvalue weighted by atomic mass is 10.1. The second kappa shape index (κ2) is 6.93. The summed E-state index contributed by atoms with van der Waals surface area (Å²) in [6.07, 6.45) is 0. The van der Waals surface area contributed by atoms with Crippen molar-refractivity contribution in [3.8, 4) is 10.6 Å². The fraction of sp³-hybridized carbons (Fsp3) is 0. The molecular formula is C20H13IN2OS. The van der Waals surface area contributed by atoms with Gasteiger partial charge in [-0.1, -0.05) is 30.3 Å². The molecule has 3 aromatic carbocycles. The molecule has 0 radical (unpaired) electrons. The zero-order valence-corrected chi connectivity index (χ0v) is 16.0. The van der Waals surface area contributed by atoms with Crippen LogP contribution in [0.4, 0.5) is 5.69 Å². The van der Waals surface area contributed by atoms with Crippen LogP contribution in [-0.2, 0) is 0 Å². The third-order valence-corrected chi connectivity index (χ3v) is 5.53. The molecule has 1 amide bonds. The maximum atomic E-state index is 12.6. The van der Waals surface area contributed by atoms with Gasteiger partial charge in [0, 0.05) is 14.7 Å². The van der Waals surface area contributed by atoms with Crippen LogP contribution in [0.25, 0.3) is 20.8 Å². The van der Waals surface area contributed by atoms with Gasteiger partial charge in [0.05, 0.1) is 15.9 Å². The van der Waals surface area contributed by atoms with E-state index in [1.165, 1.54) is 0 Å². The molecule has 3 nitrogen and oxygen atoms in total. The quantitative estimate of drug-likeness (QED) is 0.395. The third kappa shape index (κ3) is 3.43. The zero-order chi connectivity index (χ0) is 17.2. The Morgan fingerprint density at radius 3 is 2.60 bits per heavy atom. The minimum Gasteiger partial charge on any atom is -0.321 e. The second-order valence-corrected chi connectivity index (χ2v) is 7.77. The molecule has 0 aliphatic heterocycles. The van der Waals surface area contributed by atoms with Crippen molar-refractivity contribution in [1.29, 1.82) is 0 Å². The van der Waals surface area contributed by atoms with Crippen molar-refractivity contribution in [3.05, 3.63) is 81.9 Å². The molecule has 1 N–H and O–H groups in total. The number of nitrogens with one attached hydrogen (secondary N) is 1. The van der Waals surface area contributed by atoms with Crippen LogP contribution in [0.5, 0.6) is 0 Å². The second-order valence-electron chi connectivity index (χ2n) is 5.50. The van der Waals surface area contributed by atoms with Crippen molar-refractivity contribution in [2.24, 2.45) is 0 Å². The number of hydrogen-bond acceptors (Lipinski definition) is 3. The van der Waals surface area contributed by atoms with Gasteiger partial charge in [-0.15, -0.1) is 11.3 Å². The van der Waals surface area contributed by atoms with Crippen LogP contribution in [0.1, 0.15) is 10.4 Å². The molecule has 0 fully saturated rings. The molecule has 0 unspecified atom stereocenters. The highest BCUT2D eigenvalue weighted by Crippen LogP contribution is 2.34. The normalized spacial score (nSPS) is 10.8. The Morgan fingerprint density at radius 1 is 0.960 bits per heavy atom. The van der Waals surface area contributed by atoms with E-state index in [2.05, 4.69) is 34.0 Å². The van der Waals surface area contributed by atoms with E-state index in [1.807, 2.05) is 66.7 Å². The van der Waals surface area contributed by atoms with Gasteiger partial charge in [-0.25, -0.2) is 4.98 Å². The van der Waals surface area contributed by atoms with Crippen molar-refractivity contribution in [3.63, 3.8) is 0 Å². The number of rotatable bonds is 3. The van der Waals surface area contributed by atoms with Crippen LogP contribution >= 0.6 is 33.9 Å². The number of hydrogen-bond donors (Lipinski definition) is 1. The van der Waals surface area contributed by atoms with Gasteiger partial charge in [0.15, 0.2) is 0 Å². The van der Waals surface area contributed by atoms with E-state index in [9.17, 15) is 4.79 Å². The lowest BCUT2D eigenvalue weighted by Crippen LogP contribution is -2.12. The number of halogens is 1. The number of carbonyl (C=O) groups excluding carboxylic acids is 1. The average molecular weight is 456 g/mol. The number of amides is 1. The van der Waals surface area contributed by atoms with Gasteiger partial charge in [0.25, 0.3) is 5.91 Å². The number of thiazole rings is 1. The number of aromatic nitrogens is 1. The molecule has 0 aliphatic rings. The lowest BCUT2D eigenvalue weighted by Gasteiger charge is -2.09. The highest BCUT2D eigenvalue weighted by molar-refractivity contribution is 14.1. The smallest absolute Gasteiger partial charge is 0.255 e. The number of fused-ring (bicyclic) bond motifs is 1. The van der Waals surface area contributed by atoms with Gasteiger partial charge in [0.2, 0.25) is 0 Å². The lowest BCUT2D eigenvalue weighted by molar-refractivity contribution is 0.102. The summed E-state index contributed by atoms with van der Waals surface area (Å²) in [6, 6.07) is 23.4. The van der Waals surface area contributed by atoms with Gasteiger partial charge in [-0.05, 0) is 65.1 Å². The largest absolute Gasteiger partial charge is 0.321 e. The number of anilines is 1. The van der Waals surface area contributed by atoms with Gasteiger partial charge in [-0.2, -0.15) is 0 Å². The standard InChI is InChI=1S/C20H13IN2OS/c21-14-7-5-6-13(12-14)19(24)22-16-9-2-1-8-15(16)20-23-17-10-3-4-11-18(17)25-20/h1-12H,(H,22,24). The minimum absolute atomic E-state index is 0.118. The first-order valence-corrected chi connectivity index (χ1v) is 9.62. The molecule has 0 atom stereocenters. The first-order valence-electron chi connectivity index (χ1n) is 7.72. The average Bonchev–Trinajstić information content (AvgIpc) is 3.06. The Balaban J connectivity index is 1.70. The number of benzene rings is 3. The fourth-order valence-corrected chi connectivity index (χ4v) is 4.14. The first-order chi connectivity index (χ1) is 12.2. The summed E-state index contributed by atoms with van der Waals surface area (Å²) in [5.74, 6) is -0.118. The third-order valence-electron chi connectivity index (χ3n) is 3.79.